The standard InChI is InChI=1S/C30H35F2N3O3/c1-19(33-14-15-38-29(2,3)4)34-22-12-11-20-16-26(36)27(23(20)17-22)35-28(37)30(13-7-8-21(31)18-30)24-9-5-6-10-25(24)32/h5-13,17,26-27,36H,14-16,18H2,1-4H3,(H,33,34)(H,35,37)/t26-,27-,30?/m1/s1. The number of fused-ring (bicyclic) bond motifs is 1. The fraction of sp³-hybridized carbons (Fsp3) is 0.400. The summed E-state index contributed by atoms with van der Waals surface area (Å²) in [5, 5.41) is 17.0. The molecular weight excluding hydrogens is 488 g/mol. The maximum atomic E-state index is 14.8. The number of amides is 1. The number of anilines is 1. The monoisotopic (exact) mass is 523 g/mol. The molecule has 0 aromatic heterocycles. The molecule has 1 amide bonds. The molecule has 0 spiro atoms. The first kappa shape index (κ1) is 27.7. The quantitative estimate of drug-likeness (QED) is 0.261. The minimum Gasteiger partial charge on any atom is -0.390 e. The van der Waals surface area contributed by atoms with Gasteiger partial charge in [0.25, 0.3) is 0 Å². The Labute approximate surface area is 222 Å². The zero-order valence-corrected chi connectivity index (χ0v) is 22.2. The summed E-state index contributed by atoms with van der Waals surface area (Å²) in [5.74, 6) is -0.986. The maximum Gasteiger partial charge on any atom is 0.235 e. The second-order valence-electron chi connectivity index (χ2n) is 10.8. The molecule has 8 heteroatoms. The Morgan fingerprint density at radius 2 is 1.97 bits per heavy atom. The van der Waals surface area contributed by atoms with Gasteiger partial charge in [-0.15, -0.1) is 0 Å². The number of aliphatic hydroxyl groups excluding tert-OH is 1. The number of nitrogens with one attached hydrogen (secondary N) is 2. The van der Waals surface area contributed by atoms with Crippen molar-refractivity contribution in [3.63, 3.8) is 0 Å². The van der Waals surface area contributed by atoms with Crippen LogP contribution in [0.5, 0.6) is 0 Å². The van der Waals surface area contributed by atoms with Crippen molar-refractivity contribution < 1.29 is 23.4 Å². The molecule has 0 radical (unpaired) electrons. The number of aliphatic hydroxyl groups is 1. The van der Waals surface area contributed by atoms with Gasteiger partial charge in [0.15, 0.2) is 0 Å². The number of carbonyl (C=O) groups is 1. The Kier molecular flexibility index (Phi) is 8.13. The van der Waals surface area contributed by atoms with Gasteiger partial charge in [0.05, 0.1) is 36.7 Å². The van der Waals surface area contributed by atoms with E-state index in [-0.39, 0.29) is 17.6 Å². The lowest BCUT2D eigenvalue weighted by Crippen LogP contribution is -2.47. The Balaban J connectivity index is 1.54. The fourth-order valence-corrected chi connectivity index (χ4v) is 4.94. The Morgan fingerprint density at radius 1 is 1.21 bits per heavy atom. The van der Waals surface area contributed by atoms with Crippen LogP contribution in [0.25, 0.3) is 0 Å². The molecule has 3 atom stereocenters. The number of benzene rings is 2. The SMILES string of the molecule is CC(=NCCOC(C)(C)C)Nc1ccc2c(c1)[C@@H](NC(=O)C1(c3ccccc3F)C=CC=C(F)C1)[C@H](O)C2. The summed E-state index contributed by atoms with van der Waals surface area (Å²) in [6.45, 7) is 8.84. The van der Waals surface area contributed by atoms with E-state index in [1.165, 1.54) is 36.4 Å². The number of rotatable bonds is 7. The number of hydrogen-bond donors (Lipinski definition) is 3. The summed E-state index contributed by atoms with van der Waals surface area (Å²) < 4.78 is 35.0. The molecule has 2 aliphatic carbocycles. The Bertz CT molecular complexity index is 1280. The van der Waals surface area contributed by atoms with Crippen LogP contribution in [-0.4, -0.2) is 41.7 Å². The van der Waals surface area contributed by atoms with Gasteiger partial charge in [0.2, 0.25) is 5.91 Å². The van der Waals surface area contributed by atoms with Gasteiger partial charge in [-0.05, 0) is 63.1 Å². The molecule has 4 rings (SSSR count). The Hall–Kier alpha value is -3.36. The number of allylic oxidation sites excluding steroid dienone is 3. The van der Waals surface area contributed by atoms with Crippen molar-refractivity contribution in [3.05, 3.63) is 89.0 Å². The van der Waals surface area contributed by atoms with Crippen LogP contribution in [0.3, 0.4) is 0 Å². The lowest BCUT2D eigenvalue weighted by atomic mass is 9.73. The van der Waals surface area contributed by atoms with E-state index in [9.17, 15) is 18.7 Å². The smallest absolute Gasteiger partial charge is 0.235 e. The molecule has 0 bridgehead atoms. The van der Waals surface area contributed by atoms with Gasteiger partial charge in [0.1, 0.15) is 17.1 Å². The normalized spacial score (nSPS) is 23.1. The van der Waals surface area contributed by atoms with E-state index < -0.39 is 35.1 Å². The molecule has 0 saturated carbocycles. The van der Waals surface area contributed by atoms with Gasteiger partial charge in [-0.3, -0.25) is 9.79 Å². The first-order valence-electron chi connectivity index (χ1n) is 12.8. The highest BCUT2D eigenvalue weighted by Crippen LogP contribution is 2.40. The highest BCUT2D eigenvalue weighted by molar-refractivity contribution is 5.94. The molecule has 0 fully saturated rings. The van der Waals surface area contributed by atoms with Crippen LogP contribution in [0, 0.1) is 5.82 Å². The number of aliphatic imine (C=N–C) groups is 1. The number of amidine groups is 1. The zero-order valence-electron chi connectivity index (χ0n) is 22.2. The van der Waals surface area contributed by atoms with Crippen molar-refractivity contribution in [1.82, 2.24) is 5.32 Å². The molecular formula is C30H35F2N3O3. The predicted octanol–water partition coefficient (Wildman–Crippen LogP) is 5.30. The second kappa shape index (κ2) is 11.2. The minimum absolute atomic E-state index is 0.0856. The molecule has 2 aromatic carbocycles. The van der Waals surface area contributed by atoms with E-state index in [2.05, 4.69) is 15.6 Å². The van der Waals surface area contributed by atoms with Crippen molar-refractivity contribution >= 4 is 17.4 Å². The molecule has 1 unspecified atom stereocenters. The first-order chi connectivity index (χ1) is 18.0. The van der Waals surface area contributed by atoms with Gasteiger partial charge in [-0.1, -0.05) is 36.4 Å². The van der Waals surface area contributed by atoms with Crippen LogP contribution in [-0.2, 0) is 21.4 Å². The Morgan fingerprint density at radius 3 is 2.68 bits per heavy atom. The summed E-state index contributed by atoms with van der Waals surface area (Å²) in [6, 6.07) is 10.8. The van der Waals surface area contributed by atoms with E-state index in [0.717, 1.165) is 16.8 Å². The number of ether oxygens (including phenoxy) is 1. The van der Waals surface area contributed by atoms with Crippen LogP contribution in [0.4, 0.5) is 14.5 Å². The number of nitrogens with zero attached hydrogens (tertiary/aromatic N) is 1. The average Bonchev–Trinajstić information content (AvgIpc) is 3.15. The summed E-state index contributed by atoms with van der Waals surface area (Å²) in [4.78, 5) is 18.2. The van der Waals surface area contributed by atoms with E-state index in [0.29, 0.717) is 25.4 Å². The van der Waals surface area contributed by atoms with Crippen molar-refractivity contribution in [3.8, 4) is 0 Å². The van der Waals surface area contributed by atoms with Gasteiger partial charge >= 0.3 is 0 Å². The van der Waals surface area contributed by atoms with Crippen LogP contribution in [0.1, 0.15) is 56.8 Å². The van der Waals surface area contributed by atoms with Crippen molar-refractivity contribution in [1.29, 1.82) is 0 Å². The van der Waals surface area contributed by atoms with Crippen LogP contribution < -0.4 is 10.6 Å². The molecule has 2 aliphatic rings. The summed E-state index contributed by atoms with van der Waals surface area (Å²) in [6.07, 6.45) is 3.40. The van der Waals surface area contributed by atoms with Crippen molar-refractivity contribution in [2.24, 2.45) is 4.99 Å². The average molecular weight is 524 g/mol. The first-order valence-corrected chi connectivity index (χ1v) is 12.8. The van der Waals surface area contributed by atoms with Crippen molar-refractivity contribution in [2.75, 3.05) is 18.5 Å². The number of hydrogen-bond acceptors (Lipinski definition) is 4. The van der Waals surface area contributed by atoms with Gasteiger partial charge in [0, 0.05) is 24.1 Å². The van der Waals surface area contributed by atoms with E-state index >= 15 is 0 Å². The summed E-state index contributed by atoms with van der Waals surface area (Å²) in [7, 11) is 0. The largest absolute Gasteiger partial charge is 0.390 e. The lowest BCUT2D eigenvalue weighted by Gasteiger charge is -2.33. The van der Waals surface area contributed by atoms with Crippen LogP contribution in [0.2, 0.25) is 0 Å². The third-order valence-electron chi connectivity index (χ3n) is 6.75. The molecule has 3 N–H and O–H groups in total. The van der Waals surface area contributed by atoms with Gasteiger partial charge in [-0.2, -0.15) is 0 Å². The molecule has 2 aromatic rings. The molecule has 202 valence electrons. The van der Waals surface area contributed by atoms with Gasteiger partial charge < -0.3 is 20.5 Å². The predicted molar refractivity (Wildman–Crippen MR) is 145 cm³/mol. The number of halogens is 2. The van der Waals surface area contributed by atoms with Crippen LogP contribution in [0.15, 0.2) is 71.5 Å². The fourth-order valence-electron chi connectivity index (χ4n) is 4.94. The van der Waals surface area contributed by atoms with E-state index in [4.69, 9.17) is 4.74 Å². The zero-order chi connectivity index (χ0) is 27.5. The highest BCUT2D eigenvalue weighted by Gasteiger charge is 2.44. The third-order valence-corrected chi connectivity index (χ3v) is 6.75. The summed E-state index contributed by atoms with van der Waals surface area (Å²) in [5.41, 5.74) is 0.692. The highest BCUT2D eigenvalue weighted by atomic mass is 19.1. The molecule has 0 aliphatic heterocycles. The molecule has 38 heavy (non-hydrogen) atoms. The summed E-state index contributed by atoms with van der Waals surface area (Å²) >= 11 is 0. The molecule has 6 nitrogen and oxygen atoms in total. The lowest BCUT2D eigenvalue weighted by molar-refractivity contribution is -0.127. The van der Waals surface area contributed by atoms with E-state index in [1.54, 1.807) is 6.07 Å². The van der Waals surface area contributed by atoms with Gasteiger partial charge in [-0.25, -0.2) is 8.78 Å². The van der Waals surface area contributed by atoms with Crippen LogP contribution >= 0.6 is 0 Å². The molecule has 0 heterocycles. The van der Waals surface area contributed by atoms with Crippen molar-refractivity contribution in [2.45, 2.75) is 63.7 Å². The molecule has 0 saturated heterocycles. The number of carbonyl (C=O) groups excluding carboxylic acids is 1. The minimum atomic E-state index is -1.57. The second-order valence-corrected chi connectivity index (χ2v) is 10.8. The third kappa shape index (κ3) is 6.19. The topological polar surface area (TPSA) is 83.0 Å². The maximum absolute atomic E-state index is 14.8. The van der Waals surface area contributed by atoms with E-state index in [1.807, 2.05) is 45.9 Å².